The molecule has 0 spiro atoms. The first-order valence-corrected chi connectivity index (χ1v) is 15.9. The topological polar surface area (TPSA) is 0 Å². The number of hydrogen-bond acceptors (Lipinski definition) is 0. The minimum absolute atomic E-state index is 0.313. The fourth-order valence-electron chi connectivity index (χ4n) is 6.25. The fourth-order valence-corrected chi connectivity index (χ4v) is 6.25. The maximum atomic E-state index is 2.39. The Kier molecular flexibility index (Phi) is 13.7. The van der Waals surface area contributed by atoms with Gasteiger partial charge in [0.2, 0.25) is 0 Å². The van der Waals surface area contributed by atoms with E-state index in [1.54, 1.807) is 22.3 Å². The van der Waals surface area contributed by atoms with Crippen molar-refractivity contribution in [2.75, 3.05) is 0 Å². The molecule has 0 aromatic rings. The molecule has 0 unspecified atom stereocenters. The lowest BCUT2D eigenvalue weighted by molar-refractivity contribution is 0.376. The summed E-state index contributed by atoms with van der Waals surface area (Å²) >= 11 is 0. The van der Waals surface area contributed by atoms with Crippen molar-refractivity contribution in [3.05, 3.63) is 105 Å². The molecule has 0 aromatic carbocycles. The molecule has 0 radical (unpaired) electrons. The standard InChI is InChI=1S/C40H60/c1-31(19-13-21-33(3)25-27-37-35(5)23-15-29-39(37,7)8)17-11-12-18-32(2)20-14-22-34(4)26-28-38-36(6)24-16-30-40(38,9)10/h11-12,17-18,21-22,25-28H,13-16,19-20,23-24,29-30H2,1-10H3/b12-11+,27-25+,28-26+,31-17+,32-18+,33-21+,34-22+. The summed E-state index contributed by atoms with van der Waals surface area (Å²) < 4.78 is 0. The van der Waals surface area contributed by atoms with Crippen LogP contribution < -0.4 is 0 Å². The third-order valence-corrected chi connectivity index (χ3v) is 8.99. The predicted molar refractivity (Wildman–Crippen MR) is 182 cm³/mol. The molecule has 0 amide bonds. The summed E-state index contributed by atoms with van der Waals surface area (Å²) in [7, 11) is 0. The molecule has 0 nitrogen and oxygen atoms in total. The maximum absolute atomic E-state index is 2.39. The van der Waals surface area contributed by atoms with Crippen molar-refractivity contribution in [2.45, 2.75) is 133 Å². The van der Waals surface area contributed by atoms with Crippen molar-refractivity contribution in [3.63, 3.8) is 0 Å². The minimum atomic E-state index is 0.313. The van der Waals surface area contributed by atoms with Crippen LogP contribution in [0.2, 0.25) is 0 Å². The predicted octanol–water partition coefficient (Wildman–Crippen LogP) is 13.1. The molecule has 0 heterocycles. The second kappa shape index (κ2) is 16.2. The lowest BCUT2D eigenvalue weighted by Gasteiger charge is -2.33. The molecule has 0 saturated carbocycles. The Bertz CT molecular complexity index is 1030. The van der Waals surface area contributed by atoms with Gasteiger partial charge in [0.05, 0.1) is 0 Å². The van der Waals surface area contributed by atoms with Gasteiger partial charge in [-0.15, -0.1) is 0 Å². The van der Waals surface area contributed by atoms with Crippen LogP contribution in [0.1, 0.15) is 133 Å². The van der Waals surface area contributed by atoms with Crippen LogP contribution in [0.3, 0.4) is 0 Å². The molecule has 0 aromatic heterocycles. The summed E-state index contributed by atoms with van der Waals surface area (Å²) in [5, 5.41) is 0. The monoisotopic (exact) mass is 540 g/mol. The molecular formula is C40H60. The van der Waals surface area contributed by atoms with E-state index in [1.165, 1.54) is 60.8 Å². The van der Waals surface area contributed by atoms with E-state index in [-0.39, 0.29) is 0 Å². The average molecular weight is 541 g/mol. The average Bonchev–Trinajstić information content (AvgIpc) is 2.85. The van der Waals surface area contributed by atoms with Gasteiger partial charge in [0.25, 0.3) is 0 Å². The first kappa shape index (κ1) is 33.9. The van der Waals surface area contributed by atoms with E-state index < -0.39 is 0 Å². The zero-order valence-electron chi connectivity index (χ0n) is 27.8. The van der Waals surface area contributed by atoms with Gasteiger partial charge < -0.3 is 0 Å². The van der Waals surface area contributed by atoms with Gasteiger partial charge in [-0.25, -0.2) is 0 Å². The Morgan fingerprint density at radius 1 is 0.625 bits per heavy atom. The normalized spacial score (nSPS) is 21.6. The van der Waals surface area contributed by atoms with Crippen LogP contribution in [-0.4, -0.2) is 0 Å². The summed E-state index contributed by atoms with van der Waals surface area (Å²) in [6.45, 7) is 23.1. The summed E-state index contributed by atoms with van der Waals surface area (Å²) in [5.41, 5.74) is 12.5. The summed E-state index contributed by atoms with van der Waals surface area (Å²) in [6, 6.07) is 0. The van der Waals surface area contributed by atoms with Gasteiger partial charge in [-0.3, -0.25) is 0 Å². The molecule has 2 aliphatic carbocycles. The molecule has 0 heteroatoms. The number of rotatable bonds is 12. The molecule has 0 aliphatic heterocycles. The lowest BCUT2D eigenvalue weighted by Crippen LogP contribution is -2.19. The van der Waals surface area contributed by atoms with E-state index in [0.717, 1.165) is 25.7 Å². The van der Waals surface area contributed by atoms with Crippen LogP contribution >= 0.6 is 0 Å². The molecule has 0 N–H and O–H groups in total. The van der Waals surface area contributed by atoms with Gasteiger partial charge in [0.15, 0.2) is 0 Å². The summed E-state index contributed by atoms with van der Waals surface area (Å²) in [6.07, 6.45) is 35.2. The highest BCUT2D eigenvalue weighted by Gasteiger charge is 2.27. The summed E-state index contributed by atoms with van der Waals surface area (Å²) in [5.74, 6) is 0. The van der Waals surface area contributed by atoms with Gasteiger partial charge in [0.1, 0.15) is 0 Å². The largest absolute Gasteiger partial charge is 0.0813 e. The smallest absolute Gasteiger partial charge is 0.0104 e. The summed E-state index contributed by atoms with van der Waals surface area (Å²) in [4.78, 5) is 0. The highest BCUT2D eigenvalue weighted by molar-refractivity contribution is 5.37. The Balaban J connectivity index is 1.77. The Morgan fingerprint density at radius 3 is 1.35 bits per heavy atom. The van der Waals surface area contributed by atoms with E-state index in [4.69, 9.17) is 0 Å². The first-order valence-electron chi connectivity index (χ1n) is 15.9. The van der Waals surface area contributed by atoms with Crippen molar-refractivity contribution in [3.8, 4) is 0 Å². The van der Waals surface area contributed by atoms with Gasteiger partial charge in [0, 0.05) is 0 Å². The minimum Gasteiger partial charge on any atom is -0.0813 e. The molecule has 0 atom stereocenters. The van der Waals surface area contributed by atoms with Crippen molar-refractivity contribution < 1.29 is 0 Å². The van der Waals surface area contributed by atoms with Crippen LogP contribution in [0.15, 0.2) is 105 Å². The molecule has 40 heavy (non-hydrogen) atoms. The SMILES string of the molecule is CC1=C(/C=C/C(C)=C/CC/C(C)=C/C=C/C=C(\C)CC/C=C(C)/C=C/C2=C(C)CCCC2(C)C)C(C)(C)CCC1. The van der Waals surface area contributed by atoms with E-state index >= 15 is 0 Å². The zero-order chi connectivity index (χ0) is 29.8. The second-order valence-electron chi connectivity index (χ2n) is 13.9. The Morgan fingerprint density at radius 2 is 1.00 bits per heavy atom. The number of allylic oxidation sites excluding steroid dienone is 18. The van der Waals surface area contributed by atoms with Crippen LogP contribution in [0, 0.1) is 10.8 Å². The van der Waals surface area contributed by atoms with Gasteiger partial charge in [-0.2, -0.15) is 0 Å². The van der Waals surface area contributed by atoms with Crippen molar-refractivity contribution in [1.29, 1.82) is 0 Å². The van der Waals surface area contributed by atoms with Gasteiger partial charge in [-0.1, -0.05) is 122 Å². The van der Waals surface area contributed by atoms with E-state index in [9.17, 15) is 0 Å². The highest BCUT2D eigenvalue weighted by atomic mass is 14.3. The van der Waals surface area contributed by atoms with Crippen LogP contribution in [-0.2, 0) is 0 Å². The third-order valence-electron chi connectivity index (χ3n) is 8.99. The molecule has 0 bridgehead atoms. The molecule has 0 saturated heterocycles. The van der Waals surface area contributed by atoms with Gasteiger partial charge in [-0.05, 0) is 128 Å². The molecule has 220 valence electrons. The highest BCUT2D eigenvalue weighted by Crippen LogP contribution is 2.41. The van der Waals surface area contributed by atoms with Crippen LogP contribution in [0.4, 0.5) is 0 Å². The van der Waals surface area contributed by atoms with Crippen molar-refractivity contribution in [2.24, 2.45) is 10.8 Å². The van der Waals surface area contributed by atoms with E-state index in [1.807, 2.05) is 0 Å². The number of hydrogen-bond donors (Lipinski definition) is 0. The Labute approximate surface area is 249 Å². The third kappa shape index (κ3) is 11.6. The molecule has 0 fully saturated rings. The van der Waals surface area contributed by atoms with Crippen LogP contribution in [0.25, 0.3) is 0 Å². The first-order chi connectivity index (χ1) is 18.8. The second-order valence-corrected chi connectivity index (χ2v) is 13.9. The quantitative estimate of drug-likeness (QED) is 0.216. The molecular weight excluding hydrogens is 480 g/mol. The Hall–Kier alpha value is -2.34. The van der Waals surface area contributed by atoms with Crippen molar-refractivity contribution in [1.82, 2.24) is 0 Å². The van der Waals surface area contributed by atoms with Gasteiger partial charge >= 0.3 is 0 Å². The van der Waals surface area contributed by atoms with Crippen molar-refractivity contribution >= 4 is 0 Å². The molecule has 2 aliphatic rings. The van der Waals surface area contributed by atoms with E-state index in [0.29, 0.717) is 10.8 Å². The lowest BCUT2D eigenvalue weighted by atomic mass is 9.72. The fraction of sp³-hybridized carbons (Fsp3) is 0.550. The van der Waals surface area contributed by atoms with Crippen LogP contribution in [0.5, 0.6) is 0 Å². The maximum Gasteiger partial charge on any atom is -0.0104 e. The zero-order valence-corrected chi connectivity index (χ0v) is 27.8. The van der Waals surface area contributed by atoms with E-state index in [2.05, 4.69) is 130 Å². The molecule has 2 rings (SSSR count).